The van der Waals surface area contributed by atoms with Gasteiger partial charge in [-0.25, -0.2) is 0 Å². The SMILES string of the molecule is c1ccc(N=C2CCCC3CCCCC23)cc1. The van der Waals surface area contributed by atoms with Crippen LogP contribution >= 0.6 is 0 Å². The van der Waals surface area contributed by atoms with E-state index in [0.29, 0.717) is 0 Å². The average molecular weight is 227 g/mol. The third-order valence-corrected chi connectivity index (χ3v) is 4.37. The maximum absolute atomic E-state index is 4.92. The first-order chi connectivity index (χ1) is 8.43. The van der Waals surface area contributed by atoms with Gasteiger partial charge in [-0.3, -0.25) is 4.99 Å². The lowest BCUT2D eigenvalue weighted by Gasteiger charge is -2.36. The number of benzene rings is 1. The molecule has 0 N–H and O–H groups in total. The Morgan fingerprint density at radius 1 is 0.882 bits per heavy atom. The van der Waals surface area contributed by atoms with Crippen LogP contribution in [0.3, 0.4) is 0 Å². The van der Waals surface area contributed by atoms with Crippen molar-refractivity contribution in [2.24, 2.45) is 16.8 Å². The summed E-state index contributed by atoms with van der Waals surface area (Å²) in [5.74, 6) is 1.75. The zero-order valence-electron chi connectivity index (χ0n) is 10.4. The Hall–Kier alpha value is -1.11. The summed E-state index contributed by atoms with van der Waals surface area (Å²) in [6.07, 6.45) is 9.71. The van der Waals surface area contributed by atoms with Crippen molar-refractivity contribution in [3.05, 3.63) is 30.3 Å². The van der Waals surface area contributed by atoms with E-state index >= 15 is 0 Å². The van der Waals surface area contributed by atoms with Crippen LogP contribution in [0.25, 0.3) is 0 Å². The number of aliphatic imine (C=N–C) groups is 1. The lowest BCUT2D eigenvalue weighted by molar-refractivity contribution is 0.261. The first kappa shape index (κ1) is 11.0. The molecule has 0 aromatic heterocycles. The highest BCUT2D eigenvalue weighted by molar-refractivity contribution is 5.90. The van der Waals surface area contributed by atoms with E-state index in [4.69, 9.17) is 4.99 Å². The van der Waals surface area contributed by atoms with E-state index in [0.717, 1.165) is 17.5 Å². The molecule has 0 saturated heterocycles. The highest BCUT2D eigenvalue weighted by Crippen LogP contribution is 2.39. The predicted octanol–water partition coefficient (Wildman–Crippen LogP) is 4.75. The number of nitrogens with zero attached hydrogens (tertiary/aromatic N) is 1. The Morgan fingerprint density at radius 2 is 1.65 bits per heavy atom. The summed E-state index contributed by atoms with van der Waals surface area (Å²) >= 11 is 0. The van der Waals surface area contributed by atoms with Crippen LogP contribution < -0.4 is 0 Å². The van der Waals surface area contributed by atoms with Gasteiger partial charge in [-0.15, -0.1) is 0 Å². The van der Waals surface area contributed by atoms with Crippen molar-refractivity contribution in [1.29, 1.82) is 0 Å². The highest BCUT2D eigenvalue weighted by Gasteiger charge is 2.31. The number of fused-ring (bicyclic) bond motifs is 1. The van der Waals surface area contributed by atoms with Crippen LogP contribution in [0.15, 0.2) is 35.3 Å². The van der Waals surface area contributed by atoms with E-state index < -0.39 is 0 Å². The number of para-hydroxylation sites is 1. The molecule has 2 aliphatic carbocycles. The van der Waals surface area contributed by atoms with Crippen LogP contribution in [0.1, 0.15) is 44.9 Å². The molecule has 0 amide bonds. The molecule has 17 heavy (non-hydrogen) atoms. The van der Waals surface area contributed by atoms with E-state index in [-0.39, 0.29) is 0 Å². The molecule has 1 aromatic rings. The third kappa shape index (κ3) is 2.43. The molecule has 1 aromatic carbocycles. The second-order valence-electron chi connectivity index (χ2n) is 5.48. The van der Waals surface area contributed by atoms with Crippen LogP contribution in [0.4, 0.5) is 5.69 Å². The minimum Gasteiger partial charge on any atom is -0.258 e. The van der Waals surface area contributed by atoms with Gasteiger partial charge in [0.1, 0.15) is 0 Å². The molecule has 2 aliphatic rings. The lowest BCUT2D eigenvalue weighted by Crippen LogP contribution is -2.31. The van der Waals surface area contributed by atoms with Gasteiger partial charge in [-0.1, -0.05) is 31.0 Å². The van der Waals surface area contributed by atoms with Gasteiger partial charge in [-0.2, -0.15) is 0 Å². The number of rotatable bonds is 1. The Morgan fingerprint density at radius 3 is 2.53 bits per heavy atom. The summed E-state index contributed by atoms with van der Waals surface area (Å²) in [4.78, 5) is 4.92. The Labute approximate surface area is 104 Å². The van der Waals surface area contributed by atoms with E-state index in [1.807, 2.05) is 0 Å². The van der Waals surface area contributed by atoms with Crippen molar-refractivity contribution in [3.8, 4) is 0 Å². The highest BCUT2D eigenvalue weighted by atomic mass is 14.8. The minimum atomic E-state index is 0.803. The molecule has 0 heterocycles. The van der Waals surface area contributed by atoms with Crippen molar-refractivity contribution in [1.82, 2.24) is 0 Å². The van der Waals surface area contributed by atoms with Gasteiger partial charge in [0.25, 0.3) is 0 Å². The molecule has 1 nitrogen and oxygen atoms in total. The molecule has 0 radical (unpaired) electrons. The molecule has 2 saturated carbocycles. The van der Waals surface area contributed by atoms with Gasteiger partial charge < -0.3 is 0 Å². The number of hydrogen-bond donors (Lipinski definition) is 0. The van der Waals surface area contributed by atoms with Crippen molar-refractivity contribution in [2.75, 3.05) is 0 Å². The van der Waals surface area contributed by atoms with Gasteiger partial charge in [0.2, 0.25) is 0 Å². The minimum absolute atomic E-state index is 0.803. The van der Waals surface area contributed by atoms with Crippen LogP contribution in [-0.2, 0) is 0 Å². The Kier molecular flexibility index (Phi) is 3.26. The summed E-state index contributed by atoms with van der Waals surface area (Å²) in [7, 11) is 0. The van der Waals surface area contributed by atoms with Gasteiger partial charge in [0.15, 0.2) is 0 Å². The third-order valence-electron chi connectivity index (χ3n) is 4.37. The van der Waals surface area contributed by atoms with Gasteiger partial charge in [0, 0.05) is 11.6 Å². The molecule has 2 fully saturated rings. The largest absolute Gasteiger partial charge is 0.258 e. The summed E-state index contributed by atoms with van der Waals surface area (Å²) in [5.41, 5.74) is 2.64. The second-order valence-corrected chi connectivity index (χ2v) is 5.48. The molecule has 3 rings (SSSR count). The Bertz CT molecular complexity index is 391. The summed E-state index contributed by atoms with van der Waals surface area (Å²) < 4.78 is 0. The fourth-order valence-electron chi connectivity index (χ4n) is 3.53. The molecular formula is C16H21N. The van der Waals surface area contributed by atoms with Crippen LogP contribution in [-0.4, -0.2) is 5.71 Å². The van der Waals surface area contributed by atoms with Crippen LogP contribution in [0, 0.1) is 11.8 Å². The maximum Gasteiger partial charge on any atom is 0.0629 e. The quantitative estimate of drug-likeness (QED) is 0.656. The van der Waals surface area contributed by atoms with Crippen LogP contribution in [0.5, 0.6) is 0 Å². The first-order valence-electron chi connectivity index (χ1n) is 7.06. The molecule has 2 unspecified atom stereocenters. The summed E-state index contributed by atoms with van der Waals surface area (Å²) in [5, 5.41) is 0. The smallest absolute Gasteiger partial charge is 0.0629 e. The molecule has 2 atom stereocenters. The molecule has 0 bridgehead atoms. The normalized spacial score (nSPS) is 31.2. The van der Waals surface area contributed by atoms with Crippen molar-refractivity contribution in [2.45, 2.75) is 44.9 Å². The van der Waals surface area contributed by atoms with E-state index in [9.17, 15) is 0 Å². The molecular weight excluding hydrogens is 206 g/mol. The lowest BCUT2D eigenvalue weighted by atomic mass is 9.70. The second kappa shape index (κ2) is 5.03. The predicted molar refractivity (Wildman–Crippen MR) is 72.8 cm³/mol. The zero-order chi connectivity index (χ0) is 11.5. The van der Waals surface area contributed by atoms with Crippen LogP contribution in [0.2, 0.25) is 0 Å². The topological polar surface area (TPSA) is 12.4 Å². The van der Waals surface area contributed by atoms with E-state index in [1.54, 1.807) is 0 Å². The monoisotopic (exact) mass is 227 g/mol. The average Bonchev–Trinajstić information content (AvgIpc) is 2.40. The maximum atomic E-state index is 4.92. The van der Waals surface area contributed by atoms with E-state index in [2.05, 4.69) is 30.3 Å². The van der Waals surface area contributed by atoms with E-state index in [1.165, 1.54) is 50.7 Å². The molecule has 1 heteroatoms. The van der Waals surface area contributed by atoms with Gasteiger partial charge in [0.05, 0.1) is 5.69 Å². The fraction of sp³-hybridized carbons (Fsp3) is 0.562. The van der Waals surface area contributed by atoms with Gasteiger partial charge in [-0.05, 0) is 50.2 Å². The standard InChI is InChI=1S/C16H21N/c1-2-9-14(10-3-1)17-16-12-6-8-13-7-4-5-11-15(13)16/h1-3,9-10,13,15H,4-8,11-12H2. The van der Waals surface area contributed by atoms with Crippen molar-refractivity contribution < 1.29 is 0 Å². The molecule has 90 valence electrons. The zero-order valence-corrected chi connectivity index (χ0v) is 10.4. The number of hydrogen-bond acceptors (Lipinski definition) is 1. The van der Waals surface area contributed by atoms with Gasteiger partial charge >= 0.3 is 0 Å². The fourth-order valence-corrected chi connectivity index (χ4v) is 3.53. The molecule has 0 aliphatic heterocycles. The van der Waals surface area contributed by atoms with Crippen molar-refractivity contribution in [3.63, 3.8) is 0 Å². The first-order valence-corrected chi connectivity index (χ1v) is 7.06. The Balaban J connectivity index is 1.83. The van der Waals surface area contributed by atoms with Crippen molar-refractivity contribution >= 4 is 11.4 Å². The summed E-state index contributed by atoms with van der Waals surface area (Å²) in [6, 6.07) is 10.5. The molecule has 0 spiro atoms. The summed E-state index contributed by atoms with van der Waals surface area (Å²) in [6.45, 7) is 0.